The quantitative estimate of drug-likeness (QED) is 0.472. The zero-order valence-electron chi connectivity index (χ0n) is 13.5. The van der Waals surface area contributed by atoms with E-state index in [0.717, 1.165) is 15.5 Å². The molecule has 0 saturated carbocycles. The maximum Gasteiger partial charge on any atom is 0.278 e. The predicted molar refractivity (Wildman–Crippen MR) is 109 cm³/mol. The highest BCUT2D eigenvalue weighted by atomic mass is 35.5. The molecule has 10 heteroatoms. The second-order valence-corrected chi connectivity index (χ2v) is 8.39. The number of hydrogen-bond donors (Lipinski definition) is 1. The van der Waals surface area contributed by atoms with Crippen LogP contribution in [0.25, 0.3) is 10.6 Å². The third-order valence-electron chi connectivity index (χ3n) is 3.34. The van der Waals surface area contributed by atoms with E-state index in [4.69, 9.17) is 11.6 Å². The van der Waals surface area contributed by atoms with E-state index in [9.17, 15) is 4.79 Å². The van der Waals surface area contributed by atoms with Crippen LogP contribution >= 0.6 is 46.0 Å². The standard InChI is InChI=1S/C17H10ClN5OS3/c18-11-3-1-2-4-13(11)26-14-6-5-12(20-21-14)15(24)19-17-23-22-16(27-17)10-7-8-25-9-10/h1-9H,(H,19,23,24). The van der Waals surface area contributed by atoms with Gasteiger partial charge in [0.05, 0.1) is 5.02 Å². The SMILES string of the molecule is O=C(Nc1nnc(-c2ccsc2)s1)c1ccc(Sc2ccccc2Cl)nn1. The van der Waals surface area contributed by atoms with E-state index in [1.54, 1.807) is 23.5 Å². The molecule has 0 spiro atoms. The normalized spacial score (nSPS) is 10.7. The molecule has 1 N–H and O–H groups in total. The number of anilines is 1. The van der Waals surface area contributed by atoms with Crippen LogP contribution in [0.3, 0.4) is 0 Å². The third-order valence-corrected chi connectivity index (χ3v) is 6.35. The van der Waals surface area contributed by atoms with Gasteiger partial charge in [-0.1, -0.05) is 46.8 Å². The monoisotopic (exact) mass is 431 g/mol. The minimum absolute atomic E-state index is 0.200. The van der Waals surface area contributed by atoms with Crippen LogP contribution in [0.15, 0.2) is 63.1 Å². The van der Waals surface area contributed by atoms with Crippen molar-refractivity contribution in [2.24, 2.45) is 0 Å². The van der Waals surface area contributed by atoms with Crippen LogP contribution in [-0.2, 0) is 0 Å². The zero-order valence-corrected chi connectivity index (χ0v) is 16.7. The lowest BCUT2D eigenvalue weighted by atomic mass is 10.4. The number of aromatic nitrogens is 4. The summed E-state index contributed by atoms with van der Waals surface area (Å²) in [5.41, 5.74) is 1.18. The van der Waals surface area contributed by atoms with E-state index in [0.29, 0.717) is 15.2 Å². The highest BCUT2D eigenvalue weighted by Crippen LogP contribution is 2.31. The maximum absolute atomic E-state index is 12.3. The summed E-state index contributed by atoms with van der Waals surface area (Å²) in [4.78, 5) is 13.2. The molecule has 1 amide bonds. The van der Waals surface area contributed by atoms with E-state index in [-0.39, 0.29) is 11.6 Å². The van der Waals surface area contributed by atoms with Crippen LogP contribution in [0.2, 0.25) is 5.02 Å². The Morgan fingerprint density at radius 1 is 1.04 bits per heavy atom. The average Bonchev–Trinajstić information content (AvgIpc) is 3.36. The summed E-state index contributed by atoms with van der Waals surface area (Å²) in [5.74, 6) is -0.384. The van der Waals surface area contributed by atoms with Gasteiger partial charge >= 0.3 is 0 Å². The minimum Gasteiger partial charge on any atom is -0.295 e. The number of carbonyl (C=O) groups is 1. The smallest absolute Gasteiger partial charge is 0.278 e. The molecule has 0 aliphatic rings. The Morgan fingerprint density at radius 2 is 1.93 bits per heavy atom. The average molecular weight is 432 g/mol. The zero-order chi connectivity index (χ0) is 18.6. The van der Waals surface area contributed by atoms with E-state index in [1.165, 1.54) is 23.1 Å². The van der Waals surface area contributed by atoms with Crippen molar-refractivity contribution in [2.45, 2.75) is 9.92 Å². The third kappa shape index (κ3) is 4.33. The summed E-state index contributed by atoms with van der Waals surface area (Å²) in [6.07, 6.45) is 0. The van der Waals surface area contributed by atoms with Gasteiger partial charge in [-0.15, -0.1) is 20.4 Å². The van der Waals surface area contributed by atoms with Crippen LogP contribution in [0.4, 0.5) is 5.13 Å². The van der Waals surface area contributed by atoms with Crippen molar-refractivity contribution in [3.63, 3.8) is 0 Å². The number of rotatable bonds is 5. The number of nitrogens with zero attached hydrogens (tertiary/aromatic N) is 4. The number of hydrogen-bond acceptors (Lipinski definition) is 8. The maximum atomic E-state index is 12.3. The summed E-state index contributed by atoms with van der Waals surface area (Å²) < 4.78 is 0. The first-order valence-electron chi connectivity index (χ1n) is 7.62. The molecule has 0 fully saturated rings. The Morgan fingerprint density at radius 3 is 2.67 bits per heavy atom. The first kappa shape index (κ1) is 18.1. The van der Waals surface area contributed by atoms with E-state index in [2.05, 4.69) is 25.7 Å². The van der Waals surface area contributed by atoms with Crippen molar-refractivity contribution in [2.75, 3.05) is 5.32 Å². The molecular weight excluding hydrogens is 422 g/mol. The molecule has 0 aliphatic carbocycles. The predicted octanol–water partition coefficient (Wildman–Crippen LogP) is 5.11. The minimum atomic E-state index is -0.384. The molecule has 0 atom stereocenters. The molecule has 0 unspecified atom stereocenters. The van der Waals surface area contributed by atoms with Gasteiger partial charge < -0.3 is 0 Å². The molecule has 27 heavy (non-hydrogen) atoms. The summed E-state index contributed by atoms with van der Waals surface area (Å²) in [6, 6.07) is 12.8. The molecule has 6 nitrogen and oxygen atoms in total. The molecule has 0 saturated heterocycles. The van der Waals surface area contributed by atoms with Crippen LogP contribution in [0.5, 0.6) is 0 Å². The lowest BCUT2D eigenvalue weighted by Gasteiger charge is -2.03. The van der Waals surface area contributed by atoms with Gasteiger partial charge in [0.1, 0.15) is 10.0 Å². The Bertz CT molecular complexity index is 1070. The molecule has 4 rings (SSSR count). The molecule has 0 aliphatic heterocycles. The Labute approximate surface area is 171 Å². The number of halogens is 1. The van der Waals surface area contributed by atoms with Gasteiger partial charge in [-0.3, -0.25) is 10.1 Å². The van der Waals surface area contributed by atoms with Crippen molar-refractivity contribution in [1.82, 2.24) is 20.4 Å². The fourth-order valence-electron chi connectivity index (χ4n) is 2.07. The Kier molecular flexibility index (Phi) is 5.44. The molecule has 1 aromatic carbocycles. The number of thiophene rings is 1. The number of benzene rings is 1. The van der Waals surface area contributed by atoms with Gasteiger partial charge in [0.15, 0.2) is 5.69 Å². The molecular formula is C17H10ClN5OS3. The fraction of sp³-hybridized carbons (Fsp3) is 0. The number of carbonyl (C=O) groups excluding carboxylic acids is 1. The molecule has 0 radical (unpaired) electrons. The van der Waals surface area contributed by atoms with Gasteiger partial charge in [0.25, 0.3) is 5.91 Å². The van der Waals surface area contributed by atoms with Gasteiger partial charge in [-0.25, -0.2) is 0 Å². The van der Waals surface area contributed by atoms with E-state index in [1.807, 2.05) is 41.1 Å². The van der Waals surface area contributed by atoms with Crippen molar-refractivity contribution < 1.29 is 4.79 Å². The molecule has 4 aromatic rings. The molecule has 134 valence electrons. The van der Waals surface area contributed by atoms with E-state index < -0.39 is 0 Å². The fourth-order valence-corrected chi connectivity index (χ4v) is 4.53. The Hall–Kier alpha value is -2.33. The van der Waals surface area contributed by atoms with Crippen LogP contribution < -0.4 is 5.32 Å². The second-order valence-electron chi connectivity index (χ2n) is 5.17. The highest BCUT2D eigenvalue weighted by molar-refractivity contribution is 7.99. The highest BCUT2D eigenvalue weighted by Gasteiger charge is 2.13. The summed E-state index contributed by atoms with van der Waals surface area (Å²) in [7, 11) is 0. The lowest BCUT2D eigenvalue weighted by Crippen LogP contribution is -2.14. The largest absolute Gasteiger partial charge is 0.295 e. The Balaban J connectivity index is 1.43. The van der Waals surface area contributed by atoms with Crippen LogP contribution in [-0.4, -0.2) is 26.3 Å². The first-order chi connectivity index (χ1) is 13.2. The van der Waals surface area contributed by atoms with Crippen LogP contribution in [0, 0.1) is 0 Å². The summed E-state index contributed by atoms with van der Waals surface area (Å²) >= 11 is 10.4. The van der Waals surface area contributed by atoms with Crippen molar-refractivity contribution in [3.05, 3.63) is 63.9 Å². The number of amides is 1. The molecule has 0 bridgehead atoms. The van der Waals surface area contributed by atoms with E-state index >= 15 is 0 Å². The van der Waals surface area contributed by atoms with Gasteiger partial charge in [0, 0.05) is 15.8 Å². The lowest BCUT2D eigenvalue weighted by molar-refractivity contribution is 0.102. The van der Waals surface area contributed by atoms with Crippen LogP contribution in [0.1, 0.15) is 10.5 Å². The number of nitrogens with one attached hydrogen (secondary N) is 1. The summed E-state index contributed by atoms with van der Waals surface area (Å²) in [6.45, 7) is 0. The first-order valence-corrected chi connectivity index (χ1v) is 10.6. The van der Waals surface area contributed by atoms with Crippen molar-refractivity contribution >= 4 is 57.1 Å². The second kappa shape index (κ2) is 8.13. The van der Waals surface area contributed by atoms with Crippen molar-refractivity contribution in [1.29, 1.82) is 0 Å². The summed E-state index contributed by atoms with van der Waals surface area (Å²) in [5, 5.41) is 25.3. The molecule has 3 heterocycles. The van der Waals surface area contributed by atoms with Crippen molar-refractivity contribution in [3.8, 4) is 10.6 Å². The molecule has 3 aromatic heterocycles. The van der Waals surface area contributed by atoms with Gasteiger partial charge in [0.2, 0.25) is 5.13 Å². The van der Waals surface area contributed by atoms with Gasteiger partial charge in [-0.05, 0) is 35.7 Å². The topological polar surface area (TPSA) is 80.7 Å². The van der Waals surface area contributed by atoms with Gasteiger partial charge in [-0.2, -0.15) is 11.3 Å².